The summed E-state index contributed by atoms with van der Waals surface area (Å²) in [7, 11) is 0. The van der Waals surface area contributed by atoms with Gasteiger partial charge in [0.2, 0.25) is 0 Å². The lowest BCUT2D eigenvalue weighted by molar-refractivity contribution is 0.628. The van der Waals surface area contributed by atoms with E-state index in [4.69, 9.17) is 0 Å². The number of halogens is 1. The number of nitrogens with one attached hydrogen (secondary N) is 1. The average Bonchev–Trinajstić information content (AvgIpc) is 3.00. The third-order valence-electron chi connectivity index (χ3n) is 3.91. The Morgan fingerprint density at radius 2 is 1.71 bits per heavy atom. The number of nitrogens with zero attached hydrogens (tertiary/aromatic N) is 1. The van der Waals surface area contributed by atoms with Crippen LogP contribution in [0, 0.1) is 5.82 Å². The van der Waals surface area contributed by atoms with Crippen molar-refractivity contribution >= 4 is 22.8 Å². The van der Waals surface area contributed by atoms with Crippen LogP contribution in [-0.2, 0) is 5.75 Å². The number of pyridine rings is 1. The Labute approximate surface area is 143 Å². The standard InChI is InChI=1S/C20H15FN2S/c21-15-10-8-14(9-11-15)19-17-7-4-12-22-20(17)23-18(19)13-24-16-5-2-1-3-6-16/h1-12H,13H2,(H,22,23). The van der Waals surface area contributed by atoms with Crippen LogP contribution in [0.5, 0.6) is 0 Å². The van der Waals surface area contributed by atoms with E-state index in [9.17, 15) is 4.39 Å². The molecule has 0 fully saturated rings. The molecule has 2 aromatic carbocycles. The Hall–Kier alpha value is -2.59. The molecule has 0 bridgehead atoms. The van der Waals surface area contributed by atoms with Crippen molar-refractivity contribution in [2.24, 2.45) is 0 Å². The van der Waals surface area contributed by atoms with Gasteiger partial charge in [-0.2, -0.15) is 0 Å². The average molecular weight is 334 g/mol. The summed E-state index contributed by atoms with van der Waals surface area (Å²) in [6.45, 7) is 0. The van der Waals surface area contributed by atoms with Crippen LogP contribution in [0.2, 0.25) is 0 Å². The second-order valence-corrected chi connectivity index (χ2v) is 6.54. The third-order valence-corrected chi connectivity index (χ3v) is 4.95. The molecule has 4 rings (SSSR count). The fourth-order valence-corrected chi connectivity index (χ4v) is 3.68. The van der Waals surface area contributed by atoms with Crippen LogP contribution in [0.3, 0.4) is 0 Å². The second kappa shape index (κ2) is 6.49. The lowest BCUT2D eigenvalue weighted by Gasteiger charge is -2.06. The van der Waals surface area contributed by atoms with E-state index in [0.717, 1.165) is 33.6 Å². The quantitative estimate of drug-likeness (QED) is 0.488. The highest BCUT2D eigenvalue weighted by Gasteiger charge is 2.14. The van der Waals surface area contributed by atoms with Crippen LogP contribution in [0.15, 0.2) is 77.8 Å². The summed E-state index contributed by atoms with van der Waals surface area (Å²) in [4.78, 5) is 9.06. The van der Waals surface area contributed by atoms with Crippen molar-refractivity contribution in [1.29, 1.82) is 0 Å². The van der Waals surface area contributed by atoms with Gasteiger partial charge in [0, 0.05) is 33.5 Å². The van der Waals surface area contributed by atoms with Gasteiger partial charge in [0.1, 0.15) is 11.5 Å². The molecule has 4 aromatic rings. The van der Waals surface area contributed by atoms with E-state index in [0.29, 0.717) is 0 Å². The molecular weight excluding hydrogens is 319 g/mol. The molecule has 0 aliphatic carbocycles. The maximum absolute atomic E-state index is 13.3. The van der Waals surface area contributed by atoms with Gasteiger partial charge in [0.15, 0.2) is 0 Å². The predicted molar refractivity (Wildman–Crippen MR) is 97.5 cm³/mol. The minimum Gasteiger partial charge on any atom is -0.342 e. The smallest absolute Gasteiger partial charge is 0.138 e. The Bertz CT molecular complexity index is 962. The van der Waals surface area contributed by atoms with E-state index in [-0.39, 0.29) is 5.82 Å². The second-order valence-electron chi connectivity index (χ2n) is 5.49. The zero-order valence-electron chi connectivity index (χ0n) is 12.9. The molecule has 2 heterocycles. The molecule has 0 aliphatic rings. The number of H-pyrrole nitrogens is 1. The molecule has 2 nitrogen and oxygen atoms in total. The summed E-state index contributed by atoms with van der Waals surface area (Å²) in [5.41, 5.74) is 4.06. The van der Waals surface area contributed by atoms with Crippen LogP contribution in [0.1, 0.15) is 5.69 Å². The maximum Gasteiger partial charge on any atom is 0.138 e. The van der Waals surface area contributed by atoms with Crippen molar-refractivity contribution in [1.82, 2.24) is 9.97 Å². The predicted octanol–water partition coefficient (Wildman–Crippen LogP) is 5.66. The Morgan fingerprint density at radius 1 is 0.917 bits per heavy atom. The van der Waals surface area contributed by atoms with E-state index in [1.807, 2.05) is 42.5 Å². The lowest BCUT2D eigenvalue weighted by atomic mass is 10.0. The van der Waals surface area contributed by atoms with Crippen molar-refractivity contribution < 1.29 is 4.39 Å². The fraction of sp³-hybridized carbons (Fsp3) is 0.0500. The van der Waals surface area contributed by atoms with E-state index < -0.39 is 0 Å². The highest BCUT2D eigenvalue weighted by atomic mass is 32.2. The topological polar surface area (TPSA) is 28.7 Å². The van der Waals surface area contributed by atoms with Gasteiger partial charge in [-0.05, 0) is 42.0 Å². The van der Waals surface area contributed by atoms with E-state index in [1.54, 1.807) is 18.0 Å². The Kier molecular flexibility index (Phi) is 4.05. The SMILES string of the molecule is Fc1ccc(-c2c(CSc3ccccc3)[nH]c3ncccc23)cc1. The molecule has 0 saturated heterocycles. The summed E-state index contributed by atoms with van der Waals surface area (Å²) in [6.07, 6.45) is 1.78. The molecule has 2 aromatic heterocycles. The summed E-state index contributed by atoms with van der Waals surface area (Å²) < 4.78 is 13.3. The van der Waals surface area contributed by atoms with E-state index in [2.05, 4.69) is 22.1 Å². The van der Waals surface area contributed by atoms with Crippen LogP contribution < -0.4 is 0 Å². The first-order valence-electron chi connectivity index (χ1n) is 7.70. The molecule has 0 amide bonds. The maximum atomic E-state index is 13.3. The number of benzene rings is 2. The Morgan fingerprint density at radius 3 is 2.50 bits per heavy atom. The summed E-state index contributed by atoms with van der Waals surface area (Å²) in [5, 5.41) is 1.06. The summed E-state index contributed by atoms with van der Waals surface area (Å²) in [5.74, 6) is 0.574. The molecule has 1 N–H and O–H groups in total. The largest absolute Gasteiger partial charge is 0.342 e. The molecule has 24 heavy (non-hydrogen) atoms. The van der Waals surface area contributed by atoms with Gasteiger partial charge in [0.25, 0.3) is 0 Å². The third kappa shape index (κ3) is 2.93. The van der Waals surface area contributed by atoms with Crippen molar-refractivity contribution in [3.8, 4) is 11.1 Å². The molecule has 0 spiro atoms. The number of hydrogen-bond acceptors (Lipinski definition) is 2. The molecule has 0 atom stereocenters. The lowest BCUT2D eigenvalue weighted by Crippen LogP contribution is -1.86. The summed E-state index contributed by atoms with van der Waals surface area (Å²) in [6, 6.07) is 20.9. The van der Waals surface area contributed by atoms with Crippen LogP contribution in [0.25, 0.3) is 22.2 Å². The number of aromatic amines is 1. The van der Waals surface area contributed by atoms with Crippen molar-refractivity contribution in [2.75, 3.05) is 0 Å². The van der Waals surface area contributed by atoms with Gasteiger partial charge in [-0.1, -0.05) is 30.3 Å². The Balaban J connectivity index is 1.76. The van der Waals surface area contributed by atoms with Gasteiger partial charge < -0.3 is 4.98 Å². The van der Waals surface area contributed by atoms with E-state index in [1.165, 1.54) is 17.0 Å². The number of fused-ring (bicyclic) bond motifs is 1. The number of rotatable bonds is 4. The highest BCUT2D eigenvalue weighted by molar-refractivity contribution is 7.98. The summed E-state index contributed by atoms with van der Waals surface area (Å²) >= 11 is 1.77. The van der Waals surface area contributed by atoms with Crippen LogP contribution in [-0.4, -0.2) is 9.97 Å². The van der Waals surface area contributed by atoms with Gasteiger partial charge in [-0.3, -0.25) is 0 Å². The number of aromatic nitrogens is 2. The zero-order valence-corrected chi connectivity index (χ0v) is 13.7. The highest BCUT2D eigenvalue weighted by Crippen LogP contribution is 2.35. The first-order valence-corrected chi connectivity index (χ1v) is 8.69. The van der Waals surface area contributed by atoms with Gasteiger partial charge >= 0.3 is 0 Å². The minimum absolute atomic E-state index is 0.225. The molecule has 4 heteroatoms. The molecule has 0 aliphatic heterocycles. The van der Waals surface area contributed by atoms with Crippen molar-refractivity contribution in [2.45, 2.75) is 10.6 Å². The fourth-order valence-electron chi connectivity index (χ4n) is 2.80. The minimum atomic E-state index is -0.225. The normalized spacial score (nSPS) is 11.0. The van der Waals surface area contributed by atoms with Gasteiger partial charge in [-0.15, -0.1) is 11.8 Å². The zero-order chi connectivity index (χ0) is 16.4. The molecule has 0 saturated carbocycles. The molecular formula is C20H15FN2S. The number of hydrogen-bond donors (Lipinski definition) is 1. The molecule has 0 radical (unpaired) electrons. The van der Waals surface area contributed by atoms with Crippen molar-refractivity contribution in [3.05, 3.63) is 84.4 Å². The van der Waals surface area contributed by atoms with E-state index >= 15 is 0 Å². The van der Waals surface area contributed by atoms with Crippen LogP contribution >= 0.6 is 11.8 Å². The van der Waals surface area contributed by atoms with Gasteiger partial charge in [0.05, 0.1) is 0 Å². The van der Waals surface area contributed by atoms with Crippen LogP contribution in [0.4, 0.5) is 4.39 Å². The van der Waals surface area contributed by atoms with Gasteiger partial charge in [-0.25, -0.2) is 9.37 Å². The first kappa shape index (κ1) is 15.0. The first-order chi connectivity index (χ1) is 11.8. The number of thioether (sulfide) groups is 1. The van der Waals surface area contributed by atoms with Crippen molar-refractivity contribution in [3.63, 3.8) is 0 Å². The monoisotopic (exact) mass is 334 g/mol. The molecule has 118 valence electrons. The molecule has 0 unspecified atom stereocenters.